The van der Waals surface area contributed by atoms with E-state index in [2.05, 4.69) is 10.2 Å². The van der Waals surface area contributed by atoms with E-state index in [-0.39, 0.29) is 11.9 Å². The first-order chi connectivity index (χ1) is 13.3. The van der Waals surface area contributed by atoms with Crippen LogP contribution in [0.1, 0.15) is 70.6 Å². The predicted molar refractivity (Wildman–Crippen MR) is 106 cm³/mol. The SMILES string of the molecule is O=C(NC1CCC2CC3CC3CC1C2)C1COCCN1CC1CCCCC1. The van der Waals surface area contributed by atoms with Gasteiger partial charge < -0.3 is 10.1 Å². The molecule has 2 bridgehead atoms. The molecular formula is C23H38N2O2. The second-order valence-electron chi connectivity index (χ2n) is 10.4. The molecule has 6 unspecified atom stereocenters. The molecule has 1 amide bonds. The van der Waals surface area contributed by atoms with Gasteiger partial charge in [0.25, 0.3) is 0 Å². The molecule has 1 aliphatic heterocycles. The van der Waals surface area contributed by atoms with Crippen LogP contribution in [0.2, 0.25) is 0 Å². The molecule has 5 aliphatic rings. The van der Waals surface area contributed by atoms with Gasteiger partial charge in [0.05, 0.1) is 13.2 Å². The number of carbonyl (C=O) groups is 1. The molecule has 1 saturated heterocycles. The summed E-state index contributed by atoms with van der Waals surface area (Å²) in [6.45, 7) is 3.40. The molecule has 152 valence electrons. The van der Waals surface area contributed by atoms with Crippen LogP contribution in [-0.4, -0.2) is 49.2 Å². The van der Waals surface area contributed by atoms with Gasteiger partial charge >= 0.3 is 0 Å². The Morgan fingerprint density at radius 3 is 2.59 bits per heavy atom. The number of nitrogens with one attached hydrogen (secondary N) is 1. The van der Waals surface area contributed by atoms with Crippen LogP contribution in [0.15, 0.2) is 0 Å². The Kier molecular flexibility index (Phi) is 5.47. The molecule has 0 aromatic rings. The van der Waals surface area contributed by atoms with Gasteiger partial charge in [-0.05, 0) is 81.0 Å². The van der Waals surface area contributed by atoms with Gasteiger partial charge in [0.1, 0.15) is 6.04 Å². The molecule has 6 atom stereocenters. The Balaban J connectivity index is 1.19. The first kappa shape index (κ1) is 18.4. The number of rotatable bonds is 4. The number of ether oxygens (including phenoxy) is 1. The van der Waals surface area contributed by atoms with E-state index < -0.39 is 0 Å². The third-order valence-electron chi connectivity index (χ3n) is 8.49. The van der Waals surface area contributed by atoms with Crippen molar-refractivity contribution >= 4 is 5.91 Å². The molecule has 4 heteroatoms. The summed E-state index contributed by atoms with van der Waals surface area (Å²) in [6.07, 6.45) is 15.1. The van der Waals surface area contributed by atoms with Crippen LogP contribution in [-0.2, 0) is 9.53 Å². The molecule has 4 nitrogen and oxygen atoms in total. The van der Waals surface area contributed by atoms with Crippen LogP contribution in [0.3, 0.4) is 0 Å². The fourth-order valence-corrected chi connectivity index (χ4v) is 6.81. The fourth-order valence-electron chi connectivity index (χ4n) is 6.81. The number of hydrogen-bond acceptors (Lipinski definition) is 3. The maximum absolute atomic E-state index is 13.2. The van der Waals surface area contributed by atoms with E-state index >= 15 is 0 Å². The molecule has 1 heterocycles. The zero-order chi connectivity index (χ0) is 18.2. The molecule has 0 aromatic heterocycles. The maximum atomic E-state index is 13.2. The molecular weight excluding hydrogens is 336 g/mol. The number of amides is 1. The summed E-state index contributed by atoms with van der Waals surface area (Å²) in [5.41, 5.74) is 0. The number of hydrogen-bond donors (Lipinski definition) is 1. The summed E-state index contributed by atoms with van der Waals surface area (Å²) in [4.78, 5) is 15.7. The monoisotopic (exact) mass is 374 g/mol. The highest BCUT2D eigenvalue weighted by molar-refractivity contribution is 5.82. The van der Waals surface area contributed by atoms with E-state index in [0.29, 0.717) is 12.6 Å². The standard InChI is InChI=1S/C23H38N2O2/c26-23(22-15-27-9-8-25(22)14-16-4-2-1-3-5-16)24-21-7-6-17-10-18-12-19(18)13-20(21)11-17/h16-22H,1-15H2,(H,24,26). The molecule has 0 aromatic carbocycles. The normalized spacial score (nSPS) is 42.8. The lowest BCUT2D eigenvalue weighted by Gasteiger charge is -2.40. The Bertz CT molecular complexity index is 530. The number of fused-ring (bicyclic) bond motifs is 3. The molecule has 4 saturated carbocycles. The second kappa shape index (κ2) is 8.02. The van der Waals surface area contributed by atoms with E-state index in [0.717, 1.165) is 49.3 Å². The number of morpholine rings is 1. The zero-order valence-corrected chi connectivity index (χ0v) is 16.9. The summed E-state index contributed by atoms with van der Waals surface area (Å²) >= 11 is 0. The lowest BCUT2D eigenvalue weighted by atomic mass is 9.76. The van der Waals surface area contributed by atoms with Gasteiger partial charge in [0.2, 0.25) is 5.91 Å². The molecule has 1 N–H and O–H groups in total. The first-order valence-corrected chi connectivity index (χ1v) is 11.9. The predicted octanol–water partition coefficient (Wildman–Crippen LogP) is 3.60. The molecule has 0 radical (unpaired) electrons. The van der Waals surface area contributed by atoms with Crippen molar-refractivity contribution in [2.45, 2.75) is 82.7 Å². The second-order valence-corrected chi connectivity index (χ2v) is 10.4. The summed E-state index contributed by atoms with van der Waals surface area (Å²) < 4.78 is 5.73. The Hall–Kier alpha value is -0.610. The van der Waals surface area contributed by atoms with Crippen molar-refractivity contribution in [3.05, 3.63) is 0 Å². The van der Waals surface area contributed by atoms with E-state index in [4.69, 9.17) is 4.74 Å². The third kappa shape index (κ3) is 4.22. The molecule has 27 heavy (non-hydrogen) atoms. The van der Waals surface area contributed by atoms with Crippen molar-refractivity contribution in [2.24, 2.45) is 29.6 Å². The molecule has 5 rings (SSSR count). The van der Waals surface area contributed by atoms with Crippen molar-refractivity contribution in [1.29, 1.82) is 0 Å². The smallest absolute Gasteiger partial charge is 0.239 e. The van der Waals surface area contributed by atoms with E-state index in [1.165, 1.54) is 70.6 Å². The van der Waals surface area contributed by atoms with E-state index in [1.54, 1.807) is 0 Å². The van der Waals surface area contributed by atoms with Crippen LogP contribution in [0.5, 0.6) is 0 Å². The largest absolute Gasteiger partial charge is 0.378 e. The lowest BCUT2D eigenvalue weighted by Crippen LogP contribution is -2.57. The van der Waals surface area contributed by atoms with Crippen molar-refractivity contribution in [2.75, 3.05) is 26.3 Å². The fraction of sp³-hybridized carbons (Fsp3) is 0.957. The molecule has 5 fully saturated rings. The summed E-state index contributed by atoms with van der Waals surface area (Å²) in [5, 5.41) is 3.52. The average Bonchev–Trinajstić information content (AvgIpc) is 3.43. The van der Waals surface area contributed by atoms with E-state index in [9.17, 15) is 4.79 Å². The van der Waals surface area contributed by atoms with Gasteiger partial charge in [-0.15, -0.1) is 0 Å². The van der Waals surface area contributed by atoms with Gasteiger partial charge in [0, 0.05) is 19.1 Å². The molecule has 0 spiro atoms. The Morgan fingerprint density at radius 1 is 0.926 bits per heavy atom. The Morgan fingerprint density at radius 2 is 1.70 bits per heavy atom. The highest BCUT2D eigenvalue weighted by atomic mass is 16.5. The quantitative estimate of drug-likeness (QED) is 0.817. The first-order valence-electron chi connectivity index (χ1n) is 11.9. The van der Waals surface area contributed by atoms with Crippen LogP contribution in [0, 0.1) is 29.6 Å². The van der Waals surface area contributed by atoms with Gasteiger partial charge in [-0.2, -0.15) is 0 Å². The van der Waals surface area contributed by atoms with Crippen LogP contribution in [0.25, 0.3) is 0 Å². The Labute approximate surface area is 164 Å². The van der Waals surface area contributed by atoms with Gasteiger partial charge in [0.15, 0.2) is 0 Å². The summed E-state index contributed by atoms with van der Waals surface area (Å²) in [7, 11) is 0. The van der Waals surface area contributed by atoms with Gasteiger partial charge in [-0.3, -0.25) is 9.69 Å². The van der Waals surface area contributed by atoms with Crippen molar-refractivity contribution in [3.8, 4) is 0 Å². The molecule has 4 aliphatic carbocycles. The minimum atomic E-state index is -0.0575. The van der Waals surface area contributed by atoms with E-state index in [1.807, 2.05) is 0 Å². The zero-order valence-electron chi connectivity index (χ0n) is 16.9. The van der Waals surface area contributed by atoms with Crippen LogP contribution in [0.4, 0.5) is 0 Å². The summed E-state index contributed by atoms with van der Waals surface area (Å²) in [5.74, 6) is 4.75. The van der Waals surface area contributed by atoms with Gasteiger partial charge in [-0.25, -0.2) is 0 Å². The highest BCUT2D eigenvalue weighted by Crippen LogP contribution is 2.54. The number of nitrogens with zero attached hydrogens (tertiary/aromatic N) is 1. The summed E-state index contributed by atoms with van der Waals surface area (Å²) in [6, 6.07) is 0.365. The van der Waals surface area contributed by atoms with Crippen LogP contribution < -0.4 is 5.32 Å². The lowest BCUT2D eigenvalue weighted by molar-refractivity contribution is -0.134. The minimum Gasteiger partial charge on any atom is -0.378 e. The van der Waals surface area contributed by atoms with Gasteiger partial charge in [-0.1, -0.05) is 19.3 Å². The average molecular weight is 375 g/mol. The maximum Gasteiger partial charge on any atom is 0.239 e. The third-order valence-corrected chi connectivity index (χ3v) is 8.49. The van der Waals surface area contributed by atoms with Crippen LogP contribution >= 0.6 is 0 Å². The van der Waals surface area contributed by atoms with Crippen molar-refractivity contribution < 1.29 is 9.53 Å². The highest BCUT2D eigenvalue weighted by Gasteiger charge is 2.47. The minimum absolute atomic E-state index is 0.0575. The van der Waals surface area contributed by atoms with Crippen molar-refractivity contribution in [1.82, 2.24) is 10.2 Å². The topological polar surface area (TPSA) is 41.6 Å². The number of carbonyl (C=O) groups excluding carboxylic acids is 1. The van der Waals surface area contributed by atoms with Crippen molar-refractivity contribution in [3.63, 3.8) is 0 Å².